The molecule has 0 aliphatic carbocycles. The predicted octanol–water partition coefficient (Wildman–Crippen LogP) is 2.53. The summed E-state index contributed by atoms with van der Waals surface area (Å²) < 4.78 is 5.39. The summed E-state index contributed by atoms with van der Waals surface area (Å²) in [5, 5.41) is 9.46. The SMILES string of the molecule is N#CCCOc1ccc2cccnc2c1. The third-order valence-electron chi connectivity index (χ3n) is 2.06. The summed E-state index contributed by atoms with van der Waals surface area (Å²) in [6.45, 7) is 0.425. The van der Waals surface area contributed by atoms with Crippen LogP contribution in [-0.4, -0.2) is 11.6 Å². The maximum atomic E-state index is 8.37. The fourth-order valence-corrected chi connectivity index (χ4v) is 1.35. The Balaban J connectivity index is 2.20. The molecule has 0 aliphatic heterocycles. The first-order chi connectivity index (χ1) is 7.40. The molecule has 74 valence electrons. The van der Waals surface area contributed by atoms with Crippen molar-refractivity contribution >= 4 is 10.9 Å². The number of fused-ring (bicyclic) bond motifs is 1. The van der Waals surface area contributed by atoms with Crippen LogP contribution in [0.1, 0.15) is 6.42 Å². The van der Waals surface area contributed by atoms with Crippen LogP contribution in [0.4, 0.5) is 0 Å². The molecule has 3 nitrogen and oxygen atoms in total. The normalized spacial score (nSPS) is 9.80. The Labute approximate surface area is 87.9 Å². The molecule has 1 aromatic carbocycles. The zero-order chi connectivity index (χ0) is 10.5. The van der Waals surface area contributed by atoms with Crippen molar-refractivity contribution in [2.75, 3.05) is 6.61 Å². The van der Waals surface area contributed by atoms with Gasteiger partial charge in [0.25, 0.3) is 0 Å². The minimum absolute atomic E-state index is 0.403. The van der Waals surface area contributed by atoms with Crippen LogP contribution >= 0.6 is 0 Å². The van der Waals surface area contributed by atoms with E-state index in [1.165, 1.54) is 0 Å². The molecule has 0 saturated heterocycles. The van der Waals surface area contributed by atoms with Crippen LogP contribution in [0, 0.1) is 11.3 Å². The van der Waals surface area contributed by atoms with Crippen LogP contribution < -0.4 is 4.74 Å². The lowest BCUT2D eigenvalue weighted by atomic mass is 10.2. The van der Waals surface area contributed by atoms with Crippen molar-refractivity contribution in [2.24, 2.45) is 0 Å². The van der Waals surface area contributed by atoms with Gasteiger partial charge < -0.3 is 4.74 Å². The van der Waals surface area contributed by atoms with E-state index in [9.17, 15) is 0 Å². The molecule has 0 amide bonds. The minimum Gasteiger partial charge on any atom is -0.492 e. The molecule has 0 fully saturated rings. The maximum absolute atomic E-state index is 8.37. The van der Waals surface area contributed by atoms with Crippen LogP contribution in [0.5, 0.6) is 5.75 Å². The van der Waals surface area contributed by atoms with Crippen molar-refractivity contribution in [3.63, 3.8) is 0 Å². The summed E-state index contributed by atoms with van der Waals surface area (Å²) in [4.78, 5) is 4.23. The number of ether oxygens (including phenoxy) is 1. The molecule has 1 aromatic heterocycles. The van der Waals surface area contributed by atoms with E-state index in [0.717, 1.165) is 16.7 Å². The van der Waals surface area contributed by atoms with Gasteiger partial charge in [-0.05, 0) is 18.2 Å². The van der Waals surface area contributed by atoms with Gasteiger partial charge in [-0.2, -0.15) is 5.26 Å². The Morgan fingerprint density at radius 2 is 2.27 bits per heavy atom. The van der Waals surface area contributed by atoms with Crippen molar-refractivity contribution < 1.29 is 4.74 Å². The standard InChI is InChI=1S/C12H10N2O/c13-6-2-8-15-11-5-4-10-3-1-7-14-12(10)9-11/h1,3-5,7,9H,2,8H2. The molecule has 15 heavy (non-hydrogen) atoms. The molecule has 0 unspecified atom stereocenters. The number of nitrogens with zero attached hydrogens (tertiary/aromatic N) is 2. The second kappa shape index (κ2) is 4.43. The molecule has 3 heteroatoms. The first-order valence-corrected chi connectivity index (χ1v) is 4.75. The van der Waals surface area contributed by atoms with Crippen LogP contribution in [0.3, 0.4) is 0 Å². The lowest BCUT2D eigenvalue weighted by Gasteiger charge is -2.04. The molecule has 0 atom stereocenters. The molecule has 2 aromatic rings. The van der Waals surface area contributed by atoms with Gasteiger partial charge in [-0.25, -0.2) is 0 Å². The van der Waals surface area contributed by atoms with Crippen molar-refractivity contribution in [1.29, 1.82) is 5.26 Å². The van der Waals surface area contributed by atoms with Crippen LogP contribution in [0.25, 0.3) is 10.9 Å². The van der Waals surface area contributed by atoms with Crippen molar-refractivity contribution in [1.82, 2.24) is 4.98 Å². The Bertz CT molecular complexity index is 502. The Kier molecular flexibility index (Phi) is 2.80. The van der Waals surface area contributed by atoms with E-state index in [1.807, 2.05) is 36.4 Å². The number of aromatic nitrogens is 1. The van der Waals surface area contributed by atoms with Gasteiger partial charge in [0.1, 0.15) is 12.4 Å². The zero-order valence-corrected chi connectivity index (χ0v) is 8.18. The smallest absolute Gasteiger partial charge is 0.121 e. The highest BCUT2D eigenvalue weighted by Crippen LogP contribution is 2.18. The molecule has 0 aliphatic rings. The second-order valence-corrected chi connectivity index (χ2v) is 3.11. The number of rotatable bonds is 3. The Morgan fingerprint density at radius 1 is 1.33 bits per heavy atom. The monoisotopic (exact) mass is 198 g/mol. The molecule has 1 heterocycles. The largest absolute Gasteiger partial charge is 0.492 e. The molecule has 0 saturated carbocycles. The van der Waals surface area contributed by atoms with E-state index in [4.69, 9.17) is 10.00 Å². The lowest BCUT2D eigenvalue weighted by molar-refractivity contribution is 0.327. The molecule has 0 N–H and O–H groups in total. The molecule has 0 bridgehead atoms. The second-order valence-electron chi connectivity index (χ2n) is 3.11. The van der Waals surface area contributed by atoms with E-state index in [2.05, 4.69) is 4.98 Å². The average Bonchev–Trinajstić information content (AvgIpc) is 2.29. The molecule has 0 spiro atoms. The quantitative estimate of drug-likeness (QED) is 0.712. The predicted molar refractivity (Wildman–Crippen MR) is 57.5 cm³/mol. The Morgan fingerprint density at radius 3 is 3.13 bits per heavy atom. The van der Waals surface area contributed by atoms with Crippen LogP contribution in [0.2, 0.25) is 0 Å². The van der Waals surface area contributed by atoms with E-state index < -0.39 is 0 Å². The summed E-state index contributed by atoms with van der Waals surface area (Å²) >= 11 is 0. The first-order valence-electron chi connectivity index (χ1n) is 4.75. The van der Waals surface area contributed by atoms with Crippen molar-refractivity contribution in [3.8, 4) is 11.8 Å². The maximum Gasteiger partial charge on any atom is 0.121 e. The Hall–Kier alpha value is -2.08. The summed E-state index contributed by atoms with van der Waals surface area (Å²) in [5.74, 6) is 0.761. The first kappa shape index (κ1) is 9.47. The highest BCUT2D eigenvalue weighted by atomic mass is 16.5. The van der Waals surface area contributed by atoms with Crippen molar-refractivity contribution in [2.45, 2.75) is 6.42 Å². The molecule has 0 radical (unpaired) electrons. The van der Waals surface area contributed by atoms with Gasteiger partial charge in [0.05, 0.1) is 18.0 Å². The highest BCUT2D eigenvalue weighted by Gasteiger charge is 1.97. The number of benzene rings is 1. The van der Waals surface area contributed by atoms with Gasteiger partial charge in [0, 0.05) is 17.6 Å². The van der Waals surface area contributed by atoms with E-state index >= 15 is 0 Å². The summed E-state index contributed by atoms with van der Waals surface area (Å²) in [5.41, 5.74) is 0.909. The summed E-state index contributed by atoms with van der Waals surface area (Å²) in [6.07, 6.45) is 2.15. The fourth-order valence-electron chi connectivity index (χ4n) is 1.35. The van der Waals surface area contributed by atoms with Gasteiger partial charge >= 0.3 is 0 Å². The van der Waals surface area contributed by atoms with Gasteiger partial charge in [-0.1, -0.05) is 6.07 Å². The van der Waals surface area contributed by atoms with E-state index in [0.29, 0.717) is 13.0 Å². The third kappa shape index (κ3) is 2.23. The van der Waals surface area contributed by atoms with Gasteiger partial charge in [-0.3, -0.25) is 4.98 Å². The lowest BCUT2D eigenvalue weighted by Crippen LogP contribution is -1.95. The number of hydrogen-bond donors (Lipinski definition) is 0. The number of hydrogen-bond acceptors (Lipinski definition) is 3. The number of nitriles is 1. The van der Waals surface area contributed by atoms with Gasteiger partial charge in [0.15, 0.2) is 0 Å². The molecular weight excluding hydrogens is 188 g/mol. The van der Waals surface area contributed by atoms with Gasteiger partial charge in [0.2, 0.25) is 0 Å². The van der Waals surface area contributed by atoms with Crippen LogP contribution in [0.15, 0.2) is 36.5 Å². The van der Waals surface area contributed by atoms with E-state index in [-0.39, 0.29) is 0 Å². The molecular formula is C12H10N2O. The highest BCUT2D eigenvalue weighted by molar-refractivity contribution is 5.79. The van der Waals surface area contributed by atoms with E-state index in [1.54, 1.807) is 6.20 Å². The summed E-state index contributed by atoms with van der Waals surface area (Å²) in [6, 6.07) is 11.7. The number of pyridine rings is 1. The van der Waals surface area contributed by atoms with Gasteiger partial charge in [-0.15, -0.1) is 0 Å². The fraction of sp³-hybridized carbons (Fsp3) is 0.167. The average molecular weight is 198 g/mol. The zero-order valence-electron chi connectivity index (χ0n) is 8.18. The topological polar surface area (TPSA) is 45.9 Å². The summed E-state index contributed by atoms with van der Waals surface area (Å²) in [7, 11) is 0. The van der Waals surface area contributed by atoms with Crippen LogP contribution in [-0.2, 0) is 0 Å². The third-order valence-corrected chi connectivity index (χ3v) is 2.06. The minimum atomic E-state index is 0.403. The van der Waals surface area contributed by atoms with Crippen molar-refractivity contribution in [3.05, 3.63) is 36.5 Å². The molecule has 2 rings (SSSR count).